The number of hydrogen-bond donors (Lipinski definition) is 1. The molecule has 5 heteroatoms. The summed E-state index contributed by atoms with van der Waals surface area (Å²) >= 11 is 0. The number of likely N-dealkylation sites (N-methyl/N-ethyl adjacent to an activating group) is 1. The summed E-state index contributed by atoms with van der Waals surface area (Å²) in [5, 5.41) is 0. The van der Waals surface area contributed by atoms with Gasteiger partial charge in [0.25, 0.3) is 0 Å². The van der Waals surface area contributed by atoms with Gasteiger partial charge in [-0.15, -0.1) is 0 Å². The molecule has 0 saturated carbocycles. The number of nitrogens with two attached hydrogens (primary N) is 1. The lowest BCUT2D eigenvalue weighted by atomic mass is 9.90. The maximum Gasteiger partial charge on any atom is 0.192 e. The number of aliphatic imine (C=N–C) groups is 1. The van der Waals surface area contributed by atoms with Crippen LogP contribution in [-0.2, 0) is 5.54 Å². The summed E-state index contributed by atoms with van der Waals surface area (Å²) < 4.78 is 27.1. The minimum absolute atomic E-state index is 0.295. The molecule has 0 aliphatic carbocycles. The second kappa shape index (κ2) is 3.98. The Kier molecular flexibility index (Phi) is 2.77. The molecular formula is C12H15F2N3. The van der Waals surface area contributed by atoms with Gasteiger partial charge in [-0.2, -0.15) is 0 Å². The maximum absolute atomic E-state index is 13.8. The summed E-state index contributed by atoms with van der Waals surface area (Å²) in [6, 6.07) is 4.19. The Balaban J connectivity index is 2.50. The lowest BCUT2D eigenvalue weighted by molar-refractivity contribution is 0.225. The van der Waals surface area contributed by atoms with Gasteiger partial charge in [-0.3, -0.25) is 4.99 Å². The lowest BCUT2D eigenvalue weighted by Crippen LogP contribution is -2.47. The second-order valence-corrected chi connectivity index (χ2v) is 4.29. The van der Waals surface area contributed by atoms with E-state index in [0.29, 0.717) is 24.6 Å². The van der Waals surface area contributed by atoms with Crippen LogP contribution in [0.3, 0.4) is 0 Å². The molecule has 1 aromatic carbocycles. The van der Waals surface area contributed by atoms with Crippen molar-refractivity contribution in [1.29, 1.82) is 0 Å². The zero-order valence-corrected chi connectivity index (χ0v) is 9.87. The van der Waals surface area contributed by atoms with E-state index in [-0.39, 0.29) is 0 Å². The fourth-order valence-corrected chi connectivity index (χ4v) is 2.32. The van der Waals surface area contributed by atoms with E-state index < -0.39 is 17.2 Å². The fourth-order valence-electron chi connectivity index (χ4n) is 2.32. The first-order valence-corrected chi connectivity index (χ1v) is 5.52. The molecule has 1 aliphatic heterocycles. The van der Waals surface area contributed by atoms with Gasteiger partial charge < -0.3 is 10.6 Å². The van der Waals surface area contributed by atoms with Crippen LogP contribution >= 0.6 is 0 Å². The van der Waals surface area contributed by atoms with Crippen molar-refractivity contribution >= 4 is 5.96 Å². The first-order chi connectivity index (χ1) is 8.00. The van der Waals surface area contributed by atoms with E-state index in [4.69, 9.17) is 5.73 Å². The van der Waals surface area contributed by atoms with Crippen molar-refractivity contribution in [3.8, 4) is 0 Å². The van der Waals surface area contributed by atoms with Gasteiger partial charge in [0.1, 0.15) is 0 Å². The minimum atomic E-state index is -0.842. The Morgan fingerprint density at radius 1 is 1.47 bits per heavy atom. The molecule has 0 fully saturated rings. The van der Waals surface area contributed by atoms with Crippen molar-refractivity contribution < 1.29 is 8.78 Å². The van der Waals surface area contributed by atoms with E-state index in [0.717, 1.165) is 6.07 Å². The van der Waals surface area contributed by atoms with Crippen LogP contribution < -0.4 is 5.73 Å². The zero-order valence-electron chi connectivity index (χ0n) is 9.87. The highest BCUT2D eigenvalue weighted by Gasteiger charge is 2.40. The van der Waals surface area contributed by atoms with Gasteiger partial charge >= 0.3 is 0 Å². The SMILES string of the molecule is CCN1C(N)=NCC1(C)c1cccc(F)c1F. The minimum Gasteiger partial charge on any atom is -0.370 e. The standard InChI is InChI=1S/C12H15F2N3/c1-3-17-11(15)16-7-12(17,2)8-5-4-6-9(13)10(8)14/h4-6H,3,7H2,1-2H3,(H2,15,16). The largest absolute Gasteiger partial charge is 0.370 e. The molecule has 0 bridgehead atoms. The Bertz CT molecular complexity index is 473. The van der Waals surface area contributed by atoms with E-state index in [1.807, 2.05) is 13.8 Å². The van der Waals surface area contributed by atoms with Crippen LogP contribution in [-0.4, -0.2) is 23.9 Å². The number of nitrogens with zero attached hydrogens (tertiary/aromatic N) is 2. The molecule has 3 nitrogen and oxygen atoms in total. The smallest absolute Gasteiger partial charge is 0.192 e. The topological polar surface area (TPSA) is 41.6 Å². The first-order valence-electron chi connectivity index (χ1n) is 5.52. The Hall–Kier alpha value is -1.65. The monoisotopic (exact) mass is 239 g/mol. The molecule has 92 valence electrons. The van der Waals surface area contributed by atoms with Gasteiger partial charge in [0.15, 0.2) is 17.6 Å². The van der Waals surface area contributed by atoms with Crippen molar-refractivity contribution in [3.05, 3.63) is 35.4 Å². The van der Waals surface area contributed by atoms with Crippen LogP contribution in [0.4, 0.5) is 8.78 Å². The van der Waals surface area contributed by atoms with Crippen LogP contribution in [0.5, 0.6) is 0 Å². The summed E-state index contributed by atoms with van der Waals surface area (Å²) in [6.45, 7) is 4.66. The number of benzene rings is 1. The highest BCUT2D eigenvalue weighted by molar-refractivity contribution is 5.81. The number of hydrogen-bond acceptors (Lipinski definition) is 3. The van der Waals surface area contributed by atoms with Gasteiger partial charge in [-0.05, 0) is 19.9 Å². The van der Waals surface area contributed by atoms with Crippen LogP contribution in [0.15, 0.2) is 23.2 Å². The Morgan fingerprint density at radius 3 is 2.82 bits per heavy atom. The fraction of sp³-hybridized carbons (Fsp3) is 0.417. The molecule has 1 atom stereocenters. The predicted molar refractivity (Wildman–Crippen MR) is 62.6 cm³/mol. The molecule has 1 aromatic rings. The van der Waals surface area contributed by atoms with E-state index in [9.17, 15) is 8.78 Å². The summed E-state index contributed by atoms with van der Waals surface area (Å²) in [6.07, 6.45) is 0. The summed E-state index contributed by atoms with van der Waals surface area (Å²) in [7, 11) is 0. The molecular weight excluding hydrogens is 224 g/mol. The first kappa shape index (κ1) is 11.8. The van der Waals surface area contributed by atoms with E-state index in [1.165, 1.54) is 6.07 Å². The summed E-state index contributed by atoms with van der Waals surface area (Å²) in [4.78, 5) is 5.90. The second-order valence-electron chi connectivity index (χ2n) is 4.29. The highest BCUT2D eigenvalue weighted by atomic mass is 19.2. The number of guanidine groups is 1. The molecule has 17 heavy (non-hydrogen) atoms. The van der Waals surface area contributed by atoms with Crippen molar-refractivity contribution in [3.63, 3.8) is 0 Å². The van der Waals surface area contributed by atoms with E-state index >= 15 is 0 Å². The average molecular weight is 239 g/mol. The van der Waals surface area contributed by atoms with Crippen molar-refractivity contribution in [2.24, 2.45) is 10.7 Å². The zero-order chi connectivity index (χ0) is 12.6. The van der Waals surface area contributed by atoms with Crippen molar-refractivity contribution in [2.75, 3.05) is 13.1 Å². The van der Waals surface area contributed by atoms with Gasteiger partial charge in [0.05, 0.1) is 12.1 Å². The third-order valence-corrected chi connectivity index (χ3v) is 3.27. The third kappa shape index (κ3) is 1.66. The van der Waals surface area contributed by atoms with Gasteiger partial charge in [-0.25, -0.2) is 8.78 Å². The molecule has 1 unspecified atom stereocenters. The molecule has 1 aliphatic rings. The Labute approximate surface area is 98.9 Å². The molecule has 1 heterocycles. The summed E-state index contributed by atoms with van der Waals surface area (Å²) in [5.41, 5.74) is 5.34. The molecule has 0 aromatic heterocycles. The van der Waals surface area contributed by atoms with Crippen molar-refractivity contribution in [2.45, 2.75) is 19.4 Å². The molecule has 0 saturated heterocycles. The molecule has 2 N–H and O–H groups in total. The molecule has 0 radical (unpaired) electrons. The molecule has 2 rings (SSSR count). The van der Waals surface area contributed by atoms with Gasteiger partial charge in [-0.1, -0.05) is 12.1 Å². The molecule has 0 spiro atoms. The summed E-state index contributed by atoms with van der Waals surface area (Å²) in [5.74, 6) is -1.29. The highest BCUT2D eigenvalue weighted by Crippen LogP contribution is 2.34. The van der Waals surface area contributed by atoms with Gasteiger partial charge in [0.2, 0.25) is 0 Å². The van der Waals surface area contributed by atoms with Crippen LogP contribution in [0.25, 0.3) is 0 Å². The normalized spacial score (nSPS) is 24.0. The average Bonchev–Trinajstić information content (AvgIpc) is 2.59. The van der Waals surface area contributed by atoms with E-state index in [1.54, 1.807) is 11.0 Å². The predicted octanol–water partition coefficient (Wildman–Crippen LogP) is 1.83. The Morgan fingerprint density at radius 2 is 2.18 bits per heavy atom. The maximum atomic E-state index is 13.8. The van der Waals surface area contributed by atoms with Crippen LogP contribution in [0.2, 0.25) is 0 Å². The van der Waals surface area contributed by atoms with Gasteiger partial charge in [0, 0.05) is 12.1 Å². The third-order valence-electron chi connectivity index (χ3n) is 3.27. The lowest BCUT2D eigenvalue weighted by Gasteiger charge is -2.36. The molecule has 0 amide bonds. The number of halogens is 2. The quantitative estimate of drug-likeness (QED) is 0.855. The van der Waals surface area contributed by atoms with E-state index in [2.05, 4.69) is 4.99 Å². The van der Waals surface area contributed by atoms with Crippen molar-refractivity contribution in [1.82, 2.24) is 4.90 Å². The van der Waals surface area contributed by atoms with Crippen LogP contribution in [0.1, 0.15) is 19.4 Å². The van der Waals surface area contributed by atoms with Crippen LogP contribution in [0, 0.1) is 11.6 Å². The number of rotatable bonds is 2.